The van der Waals surface area contributed by atoms with E-state index in [1.165, 1.54) is 23.3 Å². The van der Waals surface area contributed by atoms with Crippen LogP contribution in [0.25, 0.3) is 11.3 Å². The number of likely N-dealkylation sites (tertiary alicyclic amines) is 2. The van der Waals surface area contributed by atoms with Crippen LogP contribution in [-0.4, -0.2) is 134 Å². The minimum absolute atomic E-state index is 0.00158. The van der Waals surface area contributed by atoms with Crippen molar-refractivity contribution < 1.29 is 24.6 Å². The highest BCUT2D eigenvalue weighted by Gasteiger charge is 2.50. The molecular formula is C54H66ClN11O5. The van der Waals surface area contributed by atoms with E-state index in [-0.39, 0.29) is 65.4 Å². The molecule has 2 aromatic heterocycles. The number of β-amino-alcohol motifs (C(OH)–C–C–N with tert-alkyl or cyclic N) is 1. The molecule has 0 unspecified atom stereocenters. The van der Waals surface area contributed by atoms with Gasteiger partial charge in [0.1, 0.15) is 17.8 Å². The van der Waals surface area contributed by atoms with Crippen LogP contribution in [0.5, 0.6) is 5.75 Å². The number of carbonyl (C=O) groups is 3. The van der Waals surface area contributed by atoms with E-state index in [0.29, 0.717) is 23.2 Å². The number of hydrogen-bond donors (Lipinski definition) is 5. The lowest BCUT2D eigenvalue weighted by molar-refractivity contribution is -0.145. The van der Waals surface area contributed by atoms with Crippen molar-refractivity contribution in [1.82, 2.24) is 40.6 Å². The molecule has 374 valence electrons. The average Bonchev–Trinajstić information content (AvgIpc) is 3.78. The number of aromatic nitrogens is 4. The molecule has 0 bridgehead atoms. The molecule has 3 saturated heterocycles. The van der Waals surface area contributed by atoms with Crippen molar-refractivity contribution in [2.24, 2.45) is 16.7 Å². The van der Waals surface area contributed by atoms with E-state index >= 15 is 0 Å². The molecule has 2 aliphatic carbocycles. The summed E-state index contributed by atoms with van der Waals surface area (Å²) in [6.45, 7) is 11.2. The Morgan fingerprint density at radius 1 is 0.944 bits per heavy atom. The number of aliphatic hydroxyl groups is 1. The summed E-state index contributed by atoms with van der Waals surface area (Å²) in [5.74, 6) is 3.56. The number of piperidine rings is 1. The molecule has 17 heteroatoms. The number of nitrogens with one attached hydrogen (secondary N) is 3. The lowest BCUT2D eigenvalue weighted by Gasteiger charge is -2.55. The second-order valence-electron chi connectivity index (χ2n) is 22.0. The predicted molar refractivity (Wildman–Crippen MR) is 273 cm³/mol. The van der Waals surface area contributed by atoms with E-state index in [9.17, 15) is 24.6 Å². The highest BCUT2D eigenvalue weighted by Crippen LogP contribution is 2.55. The fourth-order valence-corrected chi connectivity index (χ4v) is 12.3. The molecule has 10 rings (SSSR count). The third-order valence-corrected chi connectivity index (χ3v) is 16.7. The predicted octanol–water partition coefficient (Wildman–Crippen LogP) is 5.72. The van der Waals surface area contributed by atoms with Gasteiger partial charge in [0.15, 0.2) is 5.82 Å². The first-order valence-corrected chi connectivity index (χ1v) is 25.8. The monoisotopic (exact) mass is 983 g/mol. The Morgan fingerprint density at radius 3 is 2.38 bits per heavy atom. The number of phenolic OH excluding ortho intramolecular Hbond substituents is 1. The van der Waals surface area contributed by atoms with Gasteiger partial charge in [0.25, 0.3) is 0 Å². The van der Waals surface area contributed by atoms with Gasteiger partial charge in [0.05, 0.1) is 28.5 Å². The Balaban J connectivity index is 0.668. The van der Waals surface area contributed by atoms with Crippen molar-refractivity contribution >= 4 is 46.8 Å². The Kier molecular flexibility index (Phi) is 13.6. The van der Waals surface area contributed by atoms with E-state index in [1.807, 2.05) is 63.5 Å². The van der Waals surface area contributed by atoms with Gasteiger partial charge in [-0.15, -0.1) is 16.6 Å². The fraction of sp³-hybridized carbons (Fsp3) is 0.537. The average molecular weight is 985 g/mol. The number of amides is 3. The first-order valence-electron chi connectivity index (χ1n) is 25.4. The van der Waals surface area contributed by atoms with Crippen molar-refractivity contribution in [2.45, 2.75) is 121 Å². The number of aliphatic hydroxyl groups excluding tert-OH is 1. The second kappa shape index (κ2) is 19.9. The minimum Gasteiger partial charge on any atom is -0.506 e. The minimum atomic E-state index is -0.843. The molecule has 3 amide bonds. The van der Waals surface area contributed by atoms with E-state index in [2.05, 4.69) is 46.8 Å². The van der Waals surface area contributed by atoms with Crippen LogP contribution >= 0.6 is 11.6 Å². The number of halogens is 1. The second-order valence-corrected chi connectivity index (χ2v) is 22.4. The van der Waals surface area contributed by atoms with Gasteiger partial charge in [-0.05, 0) is 123 Å². The highest BCUT2D eigenvalue weighted by molar-refractivity contribution is 6.32. The fourth-order valence-electron chi connectivity index (χ4n) is 12.1. The van der Waals surface area contributed by atoms with Gasteiger partial charge in [0.2, 0.25) is 23.7 Å². The zero-order chi connectivity index (χ0) is 49.6. The summed E-state index contributed by atoms with van der Waals surface area (Å²) in [6, 6.07) is 13.6. The zero-order valence-electron chi connectivity index (χ0n) is 41.0. The van der Waals surface area contributed by atoms with Gasteiger partial charge in [-0.1, -0.05) is 56.5 Å². The number of terminal acetylenes is 1. The summed E-state index contributed by atoms with van der Waals surface area (Å²) in [4.78, 5) is 60.1. The summed E-state index contributed by atoms with van der Waals surface area (Å²) in [5.41, 5.74) is 4.57. The van der Waals surface area contributed by atoms with Gasteiger partial charge in [-0.3, -0.25) is 14.4 Å². The van der Waals surface area contributed by atoms with Crippen LogP contribution in [0.15, 0.2) is 60.9 Å². The number of carbonyl (C=O) groups excluding carboxylic acids is 3. The van der Waals surface area contributed by atoms with E-state index in [4.69, 9.17) is 28.0 Å². The molecule has 16 nitrogen and oxygen atoms in total. The van der Waals surface area contributed by atoms with Crippen LogP contribution in [0.3, 0.4) is 0 Å². The Morgan fingerprint density at radius 2 is 1.68 bits per heavy atom. The van der Waals surface area contributed by atoms with Gasteiger partial charge >= 0.3 is 0 Å². The van der Waals surface area contributed by atoms with Crippen LogP contribution in [-0.2, 0) is 20.9 Å². The molecule has 71 heavy (non-hydrogen) atoms. The van der Waals surface area contributed by atoms with E-state index in [0.717, 1.165) is 106 Å². The normalized spacial score (nSPS) is 26.1. The molecule has 1 spiro atoms. The summed E-state index contributed by atoms with van der Waals surface area (Å²) >= 11 is 6.20. The summed E-state index contributed by atoms with van der Waals surface area (Å²) in [5, 5.41) is 39.8. The molecule has 6 aliphatic rings. The van der Waals surface area contributed by atoms with E-state index < -0.39 is 23.6 Å². The highest BCUT2D eigenvalue weighted by atomic mass is 35.5. The molecular weight excluding hydrogens is 918 g/mol. The quantitative estimate of drug-likeness (QED) is 0.121. The number of fused-ring (bicyclic) bond motifs is 3. The molecule has 5 fully saturated rings. The SMILES string of the molecule is C#Cc1ccc(CNC(=O)[C@@H]2C[C@@H](O)CN2C(=O)[C@@H](NC(=O)C2CCC3(CC2)CC(N2CCC(c4cnc(N5CCN6c7cc(-c8cccc(Cl)c8O)nnc7NC[C@H]6C5)nc4)CC2)C3)C(C)(C)C)cc1. The maximum Gasteiger partial charge on any atom is 0.246 e. The number of rotatable bonds is 10. The first kappa shape index (κ1) is 48.6. The number of phenols is 1. The largest absolute Gasteiger partial charge is 0.506 e. The van der Waals surface area contributed by atoms with Crippen molar-refractivity contribution in [1.29, 1.82) is 0 Å². The summed E-state index contributed by atoms with van der Waals surface area (Å²) in [6.07, 6.45) is 17.0. The topological polar surface area (TPSA) is 192 Å². The Bertz CT molecular complexity index is 2650. The van der Waals surface area contributed by atoms with Crippen molar-refractivity contribution in [2.75, 3.05) is 60.9 Å². The molecule has 4 aromatic rings. The van der Waals surface area contributed by atoms with Crippen molar-refractivity contribution in [3.63, 3.8) is 0 Å². The van der Waals surface area contributed by atoms with Crippen LogP contribution < -0.4 is 25.8 Å². The molecule has 6 heterocycles. The van der Waals surface area contributed by atoms with Gasteiger partial charge in [0, 0.05) is 81.2 Å². The van der Waals surface area contributed by atoms with Crippen molar-refractivity contribution in [3.05, 3.63) is 82.6 Å². The molecule has 4 atom stereocenters. The lowest BCUT2D eigenvalue weighted by Crippen LogP contribution is -2.59. The number of benzene rings is 2. The number of anilines is 3. The molecule has 0 radical (unpaired) electrons. The van der Waals surface area contributed by atoms with Gasteiger partial charge in [-0.2, -0.15) is 0 Å². The summed E-state index contributed by atoms with van der Waals surface area (Å²) in [7, 11) is 0. The van der Waals surface area contributed by atoms with Gasteiger partial charge < -0.3 is 45.8 Å². The molecule has 4 aliphatic heterocycles. The first-order chi connectivity index (χ1) is 34.1. The maximum absolute atomic E-state index is 14.2. The summed E-state index contributed by atoms with van der Waals surface area (Å²) < 4.78 is 0. The van der Waals surface area contributed by atoms with Crippen LogP contribution in [0, 0.1) is 29.1 Å². The molecule has 2 saturated carbocycles. The number of piperazine rings is 1. The number of aromatic hydroxyl groups is 1. The van der Waals surface area contributed by atoms with Crippen LogP contribution in [0.2, 0.25) is 5.02 Å². The molecule has 5 N–H and O–H groups in total. The van der Waals surface area contributed by atoms with Crippen molar-refractivity contribution in [3.8, 4) is 29.4 Å². The Labute approximate surface area is 421 Å². The number of nitrogens with zero attached hydrogens (tertiary/aromatic N) is 8. The van der Waals surface area contributed by atoms with Crippen LogP contribution in [0.1, 0.15) is 101 Å². The van der Waals surface area contributed by atoms with E-state index in [1.54, 1.807) is 18.2 Å². The lowest BCUT2D eigenvalue weighted by atomic mass is 9.56. The zero-order valence-corrected chi connectivity index (χ0v) is 41.7. The third kappa shape index (κ3) is 10.1. The third-order valence-electron chi connectivity index (χ3n) is 16.4. The molecule has 2 aromatic carbocycles. The van der Waals surface area contributed by atoms with Crippen LogP contribution in [0.4, 0.5) is 17.5 Å². The number of hydrogen-bond acceptors (Lipinski definition) is 13. The Hall–Kier alpha value is -6.02. The maximum atomic E-state index is 14.2. The smallest absolute Gasteiger partial charge is 0.246 e. The standard InChI is InChI=1S/C54H66ClN11O5/c1-5-33-9-11-34(12-10-33)27-57-50(70)45-23-40(67)32-66(45)51(71)47(53(2,3)4)60-49(69)36-13-17-54(18-14-36)25-38(26-54)63-19-15-35(16-20-63)37-28-58-52(59-29-37)64-21-22-65-39(31-64)30-56-48-44(65)24-43(61-62-48)41-7-6-8-42(55)46(41)68/h1,6-12,24,28-29,35-36,38-40,45,47,67-68H,13-23,25-27,30-32H2,2-4H3,(H,56,62)(H,57,70)(H,60,69)/t36?,38?,39-,40+,45-,47+,54?/m0/s1. The number of para-hydroxylation sites is 1. The van der Waals surface area contributed by atoms with Gasteiger partial charge in [-0.25, -0.2) is 9.97 Å².